The van der Waals surface area contributed by atoms with E-state index in [4.69, 9.17) is 5.73 Å². The molecule has 0 aromatic carbocycles. The van der Waals surface area contributed by atoms with Gasteiger partial charge in [-0.2, -0.15) is 0 Å². The average Bonchev–Trinajstić information content (AvgIpc) is 2.06. The van der Waals surface area contributed by atoms with E-state index in [2.05, 4.69) is 20.8 Å². The van der Waals surface area contributed by atoms with Crippen LogP contribution in [0.3, 0.4) is 0 Å². The van der Waals surface area contributed by atoms with Gasteiger partial charge >= 0.3 is 0 Å². The standard InChI is InChI=1S/C12H25N/c1-10-7-5-4-6-8-12(3,13)11(2)9-10/h10-11H,4-9,13H2,1-3H3. The quantitative estimate of drug-likeness (QED) is 0.612. The average molecular weight is 183 g/mol. The van der Waals surface area contributed by atoms with Gasteiger partial charge in [0, 0.05) is 5.54 Å². The molecule has 3 unspecified atom stereocenters. The number of rotatable bonds is 0. The maximum absolute atomic E-state index is 6.32. The summed E-state index contributed by atoms with van der Waals surface area (Å²) >= 11 is 0. The zero-order valence-corrected chi connectivity index (χ0v) is 9.47. The van der Waals surface area contributed by atoms with Gasteiger partial charge in [0.15, 0.2) is 0 Å². The molecule has 1 fully saturated rings. The van der Waals surface area contributed by atoms with Crippen LogP contribution in [0.5, 0.6) is 0 Å². The van der Waals surface area contributed by atoms with Crippen molar-refractivity contribution in [3.63, 3.8) is 0 Å². The van der Waals surface area contributed by atoms with Crippen molar-refractivity contribution in [1.29, 1.82) is 0 Å². The summed E-state index contributed by atoms with van der Waals surface area (Å²) in [4.78, 5) is 0. The summed E-state index contributed by atoms with van der Waals surface area (Å²) in [7, 11) is 0. The van der Waals surface area contributed by atoms with Gasteiger partial charge in [-0.1, -0.05) is 39.5 Å². The Kier molecular flexibility index (Phi) is 3.78. The predicted molar refractivity (Wildman–Crippen MR) is 58.6 cm³/mol. The molecular weight excluding hydrogens is 158 g/mol. The number of nitrogens with two attached hydrogens (primary N) is 1. The first-order chi connectivity index (χ1) is 6.02. The molecular formula is C12H25N. The lowest BCUT2D eigenvalue weighted by atomic mass is 9.79. The van der Waals surface area contributed by atoms with Crippen LogP contribution in [0.4, 0.5) is 0 Å². The summed E-state index contributed by atoms with van der Waals surface area (Å²) in [6.45, 7) is 6.93. The van der Waals surface area contributed by atoms with E-state index in [-0.39, 0.29) is 5.54 Å². The molecule has 2 N–H and O–H groups in total. The molecule has 0 amide bonds. The Morgan fingerprint density at radius 2 is 1.85 bits per heavy atom. The molecule has 0 aromatic rings. The normalized spacial score (nSPS) is 43.4. The summed E-state index contributed by atoms with van der Waals surface area (Å²) in [6.07, 6.45) is 8.03. The highest BCUT2D eigenvalue weighted by Crippen LogP contribution is 2.30. The predicted octanol–water partition coefficient (Wildman–Crippen LogP) is 3.33. The number of hydrogen-bond donors (Lipinski definition) is 1. The Morgan fingerprint density at radius 1 is 1.15 bits per heavy atom. The second kappa shape index (κ2) is 4.45. The zero-order valence-electron chi connectivity index (χ0n) is 9.47. The SMILES string of the molecule is CC1CCCCCC(C)(N)C(C)C1. The van der Waals surface area contributed by atoms with Crippen LogP contribution in [0, 0.1) is 11.8 Å². The van der Waals surface area contributed by atoms with Crippen LogP contribution in [-0.2, 0) is 0 Å². The molecule has 0 aliphatic heterocycles. The highest BCUT2D eigenvalue weighted by atomic mass is 14.7. The van der Waals surface area contributed by atoms with Crippen molar-refractivity contribution in [2.75, 3.05) is 0 Å². The van der Waals surface area contributed by atoms with E-state index in [0.717, 1.165) is 5.92 Å². The molecule has 1 saturated carbocycles. The maximum Gasteiger partial charge on any atom is 0.0151 e. The van der Waals surface area contributed by atoms with E-state index in [1.165, 1.54) is 38.5 Å². The Balaban J connectivity index is 2.56. The molecule has 0 saturated heterocycles. The minimum atomic E-state index is 0.0819. The Bertz CT molecular complexity index is 151. The van der Waals surface area contributed by atoms with Crippen LogP contribution in [0.25, 0.3) is 0 Å². The molecule has 0 spiro atoms. The summed E-state index contributed by atoms with van der Waals surface area (Å²) < 4.78 is 0. The lowest BCUT2D eigenvalue weighted by Crippen LogP contribution is -2.43. The van der Waals surface area contributed by atoms with Gasteiger partial charge in [-0.15, -0.1) is 0 Å². The van der Waals surface area contributed by atoms with Crippen LogP contribution in [0.1, 0.15) is 59.3 Å². The Morgan fingerprint density at radius 3 is 2.54 bits per heavy atom. The van der Waals surface area contributed by atoms with Gasteiger partial charge in [-0.3, -0.25) is 0 Å². The fraction of sp³-hybridized carbons (Fsp3) is 1.00. The van der Waals surface area contributed by atoms with Gasteiger partial charge in [0.25, 0.3) is 0 Å². The summed E-state index contributed by atoms with van der Waals surface area (Å²) in [5.74, 6) is 1.55. The summed E-state index contributed by atoms with van der Waals surface area (Å²) in [5, 5.41) is 0. The Hall–Kier alpha value is -0.0400. The van der Waals surface area contributed by atoms with Crippen molar-refractivity contribution in [1.82, 2.24) is 0 Å². The van der Waals surface area contributed by atoms with E-state index >= 15 is 0 Å². The van der Waals surface area contributed by atoms with Gasteiger partial charge in [-0.25, -0.2) is 0 Å². The maximum atomic E-state index is 6.32. The molecule has 1 nitrogen and oxygen atoms in total. The van der Waals surface area contributed by atoms with Crippen molar-refractivity contribution in [3.8, 4) is 0 Å². The smallest absolute Gasteiger partial charge is 0.0151 e. The molecule has 0 aromatic heterocycles. The van der Waals surface area contributed by atoms with Gasteiger partial charge in [0.1, 0.15) is 0 Å². The fourth-order valence-electron chi connectivity index (χ4n) is 2.41. The van der Waals surface area contributed by atoms with E-state index in [1.54, 1.807) is 0 Å². The third-order valence-electron chi connectivity index (χ3n) is 3.79. The van der Waals surface area contributed by atoms with Crippen LogP contribution in [0.2, 0.25) is 0 Å². The topological polar surface area (TPSA) is 26.0 Å². The fourth-order valence-corrected chi connectivity index (χ4v) is 2.41. The third kappa shape index (κ3) is 3.30. The molecule has 0 heterocycles. The monoisotopic (exact) mass is 183 g/mol. The Labute approximate surface area is 83.1 Å². The highest BCUT2D eigenvalue weighted by Gasteiger charge is 2.27. The van der Waals surface area contributed by atoms with Gasteiger partial charge < -0.3 is 5.73 Å². The summed E-state index contributed by atoms with van der Waals surface area (Å²) in [6, 6.07) is 0. The lowest BCUT2D eigenvalue weighted by molar-refractivity contribution is 0.253. The molecule has 0 bridgehead atoms. The van der Waals surface area contributed by atoms with E-state index in [1.807, 2.05) is 0 Å². The second-order valence-electron chi connectivity index (χ2n) is 5.35. The van der Waals surface area contributed by atoms with Crippen molar-refractivity contribution < 1.29 is 0 Å². The largest absolute Gasteiger partial charge is 0.325 e. The lowest BCUT2D eigenvalue weighted by Gasteiger charge is -2.32. The molecule has 1 aliphatic rings. The van der Waals surface area contributed by atoms with Crippen LogP contribution >= 0.6 is 0 Å². The zero-order chi connectivity index (χ0) is 9.90. The highest BCUT2D eigenvalue weighted by molar-refractivity contribution is 4.86. The molecule has 1 aliphatic carbocycles. The molecule has 1 heteroatoms. The first-order valence-electron chi connectivity index (χ1n) is 5.81. The minimum Gasteiger partial charge on any atom is -0.325 e. The van der Waals surface area contributed by atoms with Gasteiger partial charge in [0.2, 0.25) is 0 Å². The van der Waals surface area contributed by atoms with Crippen LogP contribution in [0.15, 0.2) is 0 Å². The minimum absolute atomic E-state index is 0.0819. The molecule has 78 valence electrons. The van der Waals surface area contributed by atoms with Crippen molar-refractivity contribution in [2.45, 2.75) is 64.8 Å². The summed E-state index contributed by atoms with van der Waals surface area (Å²) in [5.41, 5.74) is 6.40. The molecule has 13 heavy (non-hydrogen) atoms. The van der Waals surface area contributed by atoms with E-state index in [9.17, 15) is 0 Å². The van der Waals surface area contributed by atoms with Crippen LogP contribution < -0.4 is 5.73 Å². The van der Waals surface area contributed by atoms with Gasteiger partial charge in [-0.05, 0) is 31.6 Å². The van der Waals surface area contributed by atoms with Crippen molar-refractivity contribution in [3.05, 3.63) is 0 Å². The first-order valence-corrected chi connectivity index (χ1v) is 5.81. The van der Waals surface area contributed by atoms with Crippen LogP contribution in [-0.4, -0.2) is 5.54 Å². The third-order valence-corrected chi connectivity index (χ3v) is 3.79. The molecule has 1 rings (SSSR count). The first kappa shape index (κ1) is 11.0. The van der Waals surface area contributed by atoms with E-state index < -0.39 is 0 Å². The van der Waals surface area contributed by atoms with E-state index in [0.29, 0.717) is 5.92 Å². The second-order valence-corrected chi connectivity index (χ2v) is 5.35. The van der Waals surface area contributed by atoms with Crippen molar-refractivity contribution >= 4 is 0 Å². The van der Waals surface area contributed by atoms with Crippen molar-refractivity contribution in [2.24, 2.45) is 17.6 Å². The van der Waals surface area contributed by atoms with Gasteiger partial charge in [0.05, 0.1) is 0 Å². The molecule has 3 atom stereocenters. The molecule has 0 radical (unpaired) electrons. The number of hydrogen-bond acceptors (Lipinski definition) is 1.